The second kappa shape index (κ2) is 59.3. The van der Waals surface area contributed by atoms with Crippen LogP contribution in [0.3, 0.4) is 0 Å². The molecular weight excluding hydrogens is 1160 g/mol. The summed E-state index contributed by atoms with van der Waals surface area (Å²) in [6, 6.07) is -4.29. The molecule has 3 amide bonds. The van der Waals surface area contributed by atoms with Crippen LogP contribution in [-0.2, 0) is 86.6 Å². The molecular formula is C48H81N6Na3O21S3. The molecule has 450 valence electrons. The Bertz CT molecular complexity index is 1590. The maximum Gasteiger partial charge on any atom is 1.00 e. The van der Waals surface area contributed by atoms with Crippen molar-refractivity contribution in [2.45, 2.75) is 195 Å². The minimum atomic E-state index is -1.54. The third-order valence-electron chi connectivity index (χ3n) is 9.76. The van der Waals surface area contributed by atoms with E-state index in [0.717, 1.165) is 117 Å². The summed E-state index contributed by atoms with van der Waals surface area (Å²) in [5, 5.41) is 43.0. The van der Waals surface area contributed by atoms with Crippen LogP contribution in [0.1, 0.15) is 176 Å². The maximum atomic E-state index is 11.6. The first-order valence-corrected chi connectivity index (χ1v) is 27.5. The van der Waals surface area contributed by atoms with Crippen LogP contribution in [0.2, 0.25) is 0 Å². The molecule has 0 aromatic carbocycles. The normalized spacial score (nSPS) is 11.3. The molecule has 0 aliphatic heterocycles. The molecule has 0 saturated heterocycles. The predicted molar refractivity (Wildman–Crippen MR) is 280 cm³/mol. The van der Waals surface area contributed by atoms with Gasteiger partial charge < -0.3 is 74.7 Å². The van der Waals surface area contributed by atoms with E-state index in [-0.39, 0.29) is 126 Å². The second-order valence-electron chi connectivity index (χ2n) is 17.0. The van der Waals surface area contributed by atoms with Crippen LogP contribution in [0.4, 0.5) is 0 Å². The number of unbranched alkanes of at least 4 members (excludes halogenated alkanes) is 9. The van der Waals surface area contributed by atoms with E-state index in [1.807, 2.05) is 0 Å². The largest absolute Gasteiger partial charge is 1.00 e. The first-order chi connectivity index (χ1) is 36.8. The third-order valence-corrected chi connectivity index (χ3v) is 10.7. The summed E-state index contributed by atoms with van der Waals surface area (Å²) in [6.07, 6.45) is 12.3. The van der Waals surface area contributed by atoms with Crippen molar-refractivity contribution in [3.05, 3.63) is 0 Å². The van der Waals surface area contributed by atoms with Gasteiger partial charge in [-0.1, -0.05) is 19.3 Å². The summed E-state index contributed by atoms with van der Waals surface area (Å²) < 4.78 is 0. The van der Waals surface area contributed by atoms with Gasteiger partial charge in [-0.15, -0.1) is 0 Å². The van der Waals surface area contributed by atoms with Crippen molar-refractivity contribution in [1.82, 2.24) is 31.6 Å². The van der Waals surface area contributed by atoms with E-state index in [4.69, 9.17) is 0 Å². The molecule has 0 aliphatic rings. The summed E-state index contributed by atoms with van der Waals surface area (Å²) >= 11 is 12.3. The summed E-state index contributed by atoms with van der Waals surface area (Å²) in [4.78, 5) is 162. The molecule has 27 nitrogen and oxygen atoms in total. The van der Waals surface area contributed by atoms with Gasteiger partial charge in [0.25, 0.3) is 0 Å². The van der Waals surface area contributed by atoms with Crippen molar-refractivity contribution in [3.63, 3.8) is 0 Å². The van der Waals surface area contributed by atoms with Crippen molar-refractivity contribution >= 4 is 109 Å². The number of carboxylic acids is 3. The molecule has 0 rings (SSSR count). The van der Waals surface area contributed by atoms with Gasteiger partial charge in [-0.3, -0.25) is 43.2 Å². The predicted octanol–water partition coefficient (Wildman–Crippen LogP) is -8.57. The summed E-state index contributed by atoms with van der Waals surface area (Å²) in [5.74, 6) is -7.36. The molecule has 0 bridgehead atoms. The molecule has 81 heavy (non-hydrogen) atoms. The quantitative estimate of drug-likeness (QED) is 0.0143. The standard InChI is InChI=1S/3C16H28N2O7S.3Na/c3*1-12(19)24-18(25-13(2)20)14(16(22)23)8-5-6-10-17-15(21)9-4-3-7-11-26;;;/h3*14,26H,3-11H2,1-2H3,(H,17,21)(H,22,23);;;/q;;;3*+1/p-3. The fraction of sp³-hybridized carbons (Fsp3) is 0.750. The number of hydrogen-bond donors (Lipinski definition) is 6. The van der Waals surface area contributed by atoms with Crippen LogP contribution in [0.5, 0.6) is 0 Å². The maximum absolute atomic E-state index is 11.6. The Balaban J connectivity index is -0.000000256. The van der Waals surface area contributed by atoms with Gasteiger partial charge in [-0.25, -0.2) is 0 Å². The van der Waals surface area contributed by atoms with Gasteiger partial charge in [0.1, 0.15) is 18.1 Å². The van der Waals surface area contributed by atoms with Crippen LogP contribution in [0, 0.1) is 0 Å². The molecule has 3 N–H and O–H groups in total. The molecule has 0 saturated carbocycles. The minimum absolute atomic E-state index is 0. The number of nitrogens with one attached hydrogen (secondary N) is 3. The van der Waals surface area contributed by atoms with E-state index in [1.165, 1.54) is 0 Å². The number of hydrogen-bond acceptors (Lipinski definition) is 27. The Hall–Kier alpha value is -2.43. The van der Waals surface area contributed by atoms with Gasteiger partial charge in [0, 0.05) is 96.1 Å². The van der Waals surface area contributed by atoms with E-state index >= 15 is 0 Å². The number of amides is 3. The fourth-order valence-electron chi connectivity index (χ4n) is 6.18. The topological polar surface area (TPSA) is 375 Å². The van der Waals surface area contributed by atoms with Crippen LogP contribution in [0.15, 0.2) is 0 Å². The number of thiol groups is 3. The number of carboxylic acid groups (broad SMARTS) is 3. The Morgan fingerprint density at radius 2 is 0.531 bits per heavy atom. The minimum Gasteiger partial charge on any atom is -0.548 e. The summed E-state index contributed by atoms with van der Waals surface area (Å²) in [6.45, 7) is 7.49. The zero-order valence-corrected chi connectivity index (χ0v) is 57.3. The Morgan fingerprint density at radius 1 is 0.333 bits per heavy atom. The Labute approximate surface area is 557 Å². The molecule has 3 atom stereocenters. The monoisotopic (exact) mass is 1240 g/mol. The SMILES string of the molecule is CC(=O)ON(OC(C)=O)C(CCCCNC(=O)CCCCCS)C(=O)[O-].CC(=O)ON(OC(C)=O)C(CCCCNC(=O)CCCCCS)C(=O)[O-].CC(=O)ON(OC(C)=O)C(CCCCNC(=O)CCCCCS)C(=O)[O-].[Na+].[Na+].[Na+]. The van der Waals surface area contributed by atoms with Crippen molar-refractivity contribution in [2.24, 2.45) is 0 Å². The average Bonchev–Trinajstić information content (AvgIpc) is 3.32. The van der Waals surface area contributed by atoms with Crippen LogP contribution in [-0.4, -0.2) is 142 Å². The number of carbonyl (C=O) groups excluding carboxylic acids is 12. The van der Waals surface area contributed by atoms with E-state index in [9.17, 15) is 72.9 Å². The van der Waals surface area contributed by atoms with E-state index in [1.54, 1.807) is 0 Å². The van der Waals surface area contributed by atoms with E-state index < -0.39 is 71.8 Å². The summed E-state index contributed by atoms with van der Waals surface area (Å²) in [5.41, 5.74) is 0. The zero-order valence-electron chi connectivity index (χ0n) is 48.6. The Morgan fingerprint density at radius 3 is 0.691 bits per heavy atom. The molecule has 0 aromatic heterocycles. The van der Waals surface area contributed by atoms with E-state index in [2.05, 4.69) is 82.9 Å². The number of carbonyl (C=O) groups is 12. The van der Waals surface area contributed by atoms with Crippen molar-refractivity contribution in [1.29, 1.82) is 0 Å². The number of aliphatic carboxylic acids is 3. The van der Waals surface area contributed by atoms with E-state index in [0.29, 0.717) is 93.1 Å². The van der Waals surface area contributed by atoms with Crippen LogP contribution >= 0.6 is 37.9 Å². The molecule has 0 aliphatic carbocycles. The molecule has 0 fully saturated rings. The molecule has 0 aromatic rings. The molecule has 0 spiro atoms. The van der Waals surface area contributed by atoms with Crippen LogP contribution < -0.4 is 120 Å². The zero-order chi connectivity index (χ0) is 59.8. The van der Waals surface area contributed by atoms with Crippen molar-refractivity contribution in [3.8, 4) is 0 Å². The van der Waals surface area contributed by atoms with Gasteiger partial charge in [0.2, 0.25) is 17.7 Å². The third kappa shape index (κ3) is 57.8. The molecule has 0 heterocycles. The van der Waals surface area contributed by atoms with Gasteiger partial charge in [-0.05, 0) is 114 Å². The average molecular weight is 1240 g/mol. The molecule has 33 heteroatoms. The first-order valence-electron chi connectivity index (χ1n) is 25.6. The van der Waals surface area contributed by atoms with Crippen molar-refractivity contribution < 1.29 is 191 Å². The van der Waals surface area contributed by atoms with Gasteiger partial charge in [0.05, 0.1) is 17.9 Å². The smallest absolute Gasteiger partial charge is 0.548 e. The van der Waals surface area contributed by atoms with Crippen molar-refractivity contribution in [2.75, 3.05) is 36.9 Å². The van der Waals surface area contributed by atoms with Gasteiger partial charge in [0.15, 0.2) is 0 Å². The molecule has 0 radical (unpaired) electrons. The molecule has 3 unspecified atom stereocenters. The Kier molecular flexibility index (Phi) is 65.7. The fourth-order valence-corrected chi connectivity index (χ4v) is 6.86. The number of hydroxylamine groups is 6. The van der Waals surface area contributed by atoms with Crippen LogP contribution in [0.25, 0.3) is 0 Å². The second-order valence-corrected chi connectivity index (χ2v) is 18.3. The summed E-state index contributed by atoms with van der Waals surface area (Å²) in [7, 11) is 0. The van der Waals surface area contributed by atoms with Gasteiger partial charge >= 0.3 is 124 Å². The number of nitrogens with zero attached hydrogens (tertiary/aromatic N) is 3. The van der Waals surface area contributed by atoms with Gasteiger partial charge in [-0.2, -0.15) is 37.9 Å². The first kappa shape index (κ1) is 89.8. The number of rotatable bonds is 42.